The maximum absolute atomic E-state index is 12.3. The molecule has 0 aliphatic rings. The molecule has 0 aliphatic heterocycles. The third-order valence-corrected chi connectivity index (χ3v) is 6.12. The predicted molar refractivity (Wildman–Crippen MR) is 109 cm³/mol. The van der Waals surface area contributed by atoms with Crippen molar-refractivity contribution in [3.8, 4) is 0 Å². The zero-order valence-corrected chi connectivity index (χ0v) is 18.5. The lowest BCUT2D eigenvalue weighted by Crippen LogP contribution is -2.40. The van der Waals surface area contributed by atoms with Crippen molar-refractivity contribution < 1.29 is 26.3 Å². The molecule has 0 bridgehead atoms. The van der Waals surface area contributed by atoms with Crippen LogP contribution in [0, 0.1) is 0 Å². The van der Waals surface area contributed by atoms with E-state index in [1.54, 1.807) is 0 Å². The van der Waals surface area contributed by atoms with Crippen molar-refractivity contribution in [3.63, 3.8) is 0 Å². The smallest absolute Gasteiger partial charge is 0.370 e. The Morgan fingerprint density at radius 1 is 0.821 bits per heavy atom. The lowest BCUT2D eigenvalue weighted by atomic mass is 10.1. The molecule has 1 N–H and O–H groups in total. The van der Waals surface area contributed by atoms with Crippen LogP contribution in [0.1, 0.15) is 97.3 Å². The van der Waals surface area contributed by atoms with Crippen molar-refractivity contribution in [2.24, 2.45) is 0 Å². The van der Waals surface area contributed by atoms with Gasteiger partial charge < -0.3 is 4.74 Å². The predicted octanol–water partition coefficient (Wildman–Crippen LogP) is 5.96. The standard InChI is InChI=1S/C20H40F3NO3S/c1-3-5-7-9-10-11-12-14-16-28(25,26)24-19(15-13-8-6-4-2)17-27-18-20(21,22)23/h19,24H,3-18H2,1-2H3. The SMILES string of the molecule is CCCCCCCCCCS(=O)(=O)NC(CCCCCC)COCC(F)(F)F. The highest BCUT2D eigenvalue weighted by atomic mass is 32.2. The van der Waals surface area contributed by atoms with E-state index in [4.69, 9.17) is 4.74 Å². The summed E-state index contributed by atoms with van der Waals surface area (Å²) in [6, 6.07) is -0.599. The fraction of sp³-hybridized carbons (Fsp3) is 1.00. The summed E-state index contributed by atoms with van der Waals surface area (Å²) in [6.45, 7) is 2.64. The Labute approximate surface area is 170 Å². The second-order valence-corrected chi connectivity index (χ2v) is 9.46. The maximum Gasteiger partial charge on any atom is 0.411 e. The van der Waals surface area contributed by atoms with Crippen LogP contribution in [0.4, 0.5) is 13.2 Å². The summed E-state index contributed by atoms with van der Waals surface area (Å²) in [7, 11) is -3.50. The molecule has 1 unspecified atom stereocenters. The van der Waals surface area contributed by atoms with Gasteiger partial charge in [-0.15, -0.1) is 0 Å². The van der Waals surface area contributed by atoms with Gasteiger partial charge >= 0.3 is 6.18 Å². The van der Waals surface area contributed by atoms with Gasteiger partial charge in [-0.3, -0.25) is 0 Å². The fourth-order valence-electron chi connectivity index (χ4n) is 3.05. The van der Waals surface area contributed by atoms with Crippen molar-refractivity contribution in [3.05, 3.63) is 0 Å². The van der Waals surface area contributed by atoms with E-state index in [0.29, 0.717) is 12.8 Å². The number of sulfonamides is 1. The molecular weight excluding hydrogens is 391 g/mol. The first-order valence-corrected chi connectivity index (χ1v) is 12.5. The third kappa shape index (κ3) is 19.0. The van der Waals surface area contributed by atoms with Gasteiger partial charge in [-0.05, 0) is 12.8 Å². The summed E-state index contributed by atoms with van der Waals surface area (Å²) in [5.74, 6) is 0.0205. The van der Waals surface area contributed by atoms with Gasteiger partial charge in [-0.2, -0.15) is 13.2 Å². The third-order valence-electron chi connectivity index (χ3n) is 4.60. The normalized spacial score (nSPS) is 13.8. The molecule has 0 saturated carbocycles. The minimum atomic E-state index is -4.40. The minimum absolute atomic E-state index is 0.0205. The largest absolute Gasteiger partial charge is 0.411 e. The number of unbranched alkanes of at least 4 members (excludes halogenated alkanes) is 10. The molecular formula is C20H40F3NO3S. The zero-order valence-electron chi connectivity index (χ0n) is 17.7. The van der Waals surface area contributed by atoms with Gasteiger partial charge in [0.25, 0.3) is 0 Å². The summed E-state index contributed by atoms with van der Waals surface area (Å²) in [5, 5.41) is 0. The average molecular weight is 432 g/mol. The summed E-state index contributed by atoms with van der Waals surface area (Å²) in [5.41, 5.74) is 0. The molecule has 0 aromatic rings. The van der Waals surface area contributed by atoms with Gasteiger partial charge in [0.15, 0.2) is 0 Å². The van der Waals surface area contributed by atoms with E-state index in [1.807, 2.05) is 0 Å². The van der Waals surface area contributed by atoms with Crippen LogP contribution in [0.2, 0.25) is 0 Å². The Morgan fingerprint density at radius 3 is 1.86 bits per heavy atom. The number of rotatable bonds is 19. The minimum Gasteiger partial charge on any atom is -0.370 e. The Hall–Kier alpha value is -0.340. The van der Waals surface area contributed by atoms with Crippen LogP contribution < -0.4 is 4.72 Å². The van der Waals surface area contributed by atoms with Gasteiger partial charge in [0.05, 0.1) is 12.4 Å². The number of nitrogens with one attached hydrogen (secondary N) is 1. The van der Waals surface area contributed by atoms with E-state index in [9.17, 15) is 21.6 Å². The van der Waals surface area contributed by atoms with Crippen LogP contribution in [-0.4, -0.2) is 39.6 Å². The van der Waals surface area contributed by atoms with Crippen LogP contribution in [0.25, 0.3) is 0 Å². The zero-order chi connectivity index (χ0) is 21.3. The van der Waals surface area contributed by atoms with E-state index in [0.717, 1.165) is 44.9 Å². The molecule has 28 heavy (non-hydrogen) atoms. The summed E-state index contributed by atoms with van der Waals surface area (Å²) in [6.07, 6.45) is 8.33. The number of halogens is 3. The first-order valence-electron chi connectivity index (χ1n) is 10.8. The van der Waals surface area contributed by atoms with Gasteiger partial charge in [-0.1, -0.05) is 84.5 Å². The molecule has 0 rings (SSSR count). The van der Waals surface area contributed by atoms with Crippen LogP contribution >= 0.6 is 0 Å². The molecule has 0 heterocycles. The van der Waals surface area contributed by atoms with Crippen LogP contribution in [0.3, 0.4) is 0 Å². The van der Waals surface area contributed by atoms with Crippen molar-refractivity contribution in [2.75, 3.05) is 19.0 Å². The first-order chi connectivity index (χ1) is 13.2. The highest BCUT2D eigenvalue weighted by Gasteiger charge is 2.28. The van der Waals surface area contributed by atoms with E-state index in [2.05, 4.69) is 18.6 Å². The average Bonchev–Trinajstić information content (AvgIpc) is 2.59. The topological polar surface area (TPSA) is 55.4 Å². The van der Waals surface area contributed by atoms with Crippen LogP contribution in [0.5, 0.6) is 0 Å². The molecule has 4 nitrogen and oxygen atoms in total. The van der Waals surface area contributed by atoms with E-state index >= 15 is 0 Å². The van der Waals surface area contributed by atoms with Crippen LogP contribution in [0.15, 0.2) is 0 Å². The number of hydrogen-bond donors (Lipinski definition) is 1. The van der Waals surface area contributed by atoms with Crippen molar-refractivity contribution in [2.45, 2.75) is 110 Å². The van der Waals surface area contributed by atoms with Crippen LogP contribution in [-0.2, 0) is 14.8 Å². The van der Waals surface area contributed by atoms with Gasteiger partial charge in [-0.25, -0.2) is 13.1 Å². The second kappa shape index (κ2) is 16.5. The molecule has 0 fully saturated rings. The highest BCUT2D eigenvalue weighted by Crippen LogP contribution is 2.16. The molecule has 8 heteroatoms. The maximum atomic E-state index is 12.3. The molecule has 0 spiro atoms. The van der Waals surface area contributed by atoms with Crippen molar-refractivity contribution in [1.82, 2.24) is 4.72 Å². The second-order valence-electron chi connectivity index (χ2n) is 7.59. The van der Waals surface area contributed by atoms with Gasteiger partial charge in [0.2, 0.25) is 10.0 Å². The van der Waals surface area contributed by atoms with Gasteiger partial charge in [0.1, 0.15) is 6.61 Å². The van der Waals surface area contributed by atoms with Crippen molar-refractivity contribution >= 4 is 10.0 Å². The summed E-state index contributed by atoms with van der Waals surface area (Å²) < 4.78 is 68.6. The quantitative estimate of drug-likeness (QED) is 0.257. The molecule has 170 valence electrons. The Kier molecular flexibility index (Phi) is 16.3. The molecule has 0 aliphatic carbocycles. The van der Waals surface area contributed by atoms with Crippen molar-refractivity contribution in [1.29, 1.82) is 0 Å². The van der Waals surface area contributed by atoms with E-state index in [-0.39, 0.29) is 12.4 Å². The number of hydrogen-bond acceptors (Lipinski definition) is 3. The summed E-state index contributed by atoms with van der Waals surface area (Å²) in [4.78, 5) is 0. The number of ether oxygens (including phenoxy) is 1. The highest BCUT2D eigenvalue weighted by molar-refractivity contribution is 7.89. The first kappa shape index (κ1) is 27.7. The Morgan fingerprint density at radius 2 is 1.32 bits per heavy atom. The Bertz CT molecular complexity index is 456. The molecule has 0 aromatic carbocycles. The fourth-order valence-corrected chi connectivity index (χ4v) is 4.45. The van der Waals surface area contributed by atoms with Gasteiger partial charge in [0, 0.05) is 6.04 Å². The lowest BCUT2D eigenvalue weighted by Gasteiger charge is -2.19. The van der Waals surface area contributed by atoms with E-state index < -0.39 is 28.8 Å². The molecule has 0 aromatic heterocycles. The summed E-state index contributed by atoms with van der Waals surface area (Å²) >= 11 is 0. The molecule has 0 radical (unpaired) electrons. The van der Waals surface area contributed by atoms with E-state index in [1.165, 1.54) is 25.7 Å². The molecule has 1 atom stereocenters. The number of alkyl halides is 3. The monoisotopic (exact) mass is 431 g/mol. The lowest BCUT2D eigenvalue weighted by molar-refractivity contribution is -0.175. The molecule has 0 saturated heterocycles. The molecule has 0 amide bonds. The Balaban J connectivity index is 4.22.